The molecule has 2 aromatic heterocycles. The molecule has 0 radical (unpaired) electrons. The lowest BCUT2D eigenvalue weighted by Crippen LogP contribution is -2.49. The predicted molar refractivity (Wildman–Crippen MR) is 90.8 cm³/mol. The fraction of sp³-hybridized carbons (Fsp3) is 0.471. The van der Waals surface area contributed by atoms with Crippen molar-refractivity contribution in [1.82, 2.24) is 15.1 Å². The summed E-state index contributed by atoms with van der Waals surface area (Å²) in [6, 6.07) is 6.20. The Kier molecular flexibility index (Phi) is 3.99. The highest BCUT2D eigenvalue weighted by Gasteiger charge is 2.26. The quantitative estimate of drug-likeness (QED) is 0.864. The number of piperazine rings is 1. The van der Waals surface area contributed by atoms with E-state index >= 15 is 0 Å². The number of carbonyl (C=O) groups is 1. The van der Waals surface area contributed by atoms with Crippen LogP contribution in [0.3, 0.4) is 0 Å². The van der Waals surface area contributed by atoms with Crippen LogP contribution in [-0.2, 0) is 11.2 Å². The van der Waals surface area contributed by atoms with E-state index in [0.29, 0.717) is 12.3 Å². The van der Waals surface area contributed by atoms with Crippen LogP contribution in [-0.4, -0.2) is 47.2 Å². The van der Waals surface area contributed by atoms with Gasteiger partial charge in [-0.3, -0.25) is 4.79 Å². The summed E-state index contributed by atoms with van der Waals surface area (Å²) in [6.07, 6.45) is 3.01. The Morgan fingerprint density at radius 1 is 1.13 bits per heavy atom. The maximum absolute atomic E-state index is 12.3. The minimum absolute atomic E-state index is 0.221. The van der Waals surface area contributed by atoms with Crippen molar-refractivity contribution in [1.29, 1.82) is 0 Å². The zero-order chi connectivity index (χ0) is 15.6. The van der Waals surface area contributed by atoms with Crippen LogP contribution in [0.4, 0.5) is 5.82 Å². The molecule has 1 saturated heterocycles. The van der Waals surface area contributed by atoms with Gasteiger partial charge in [-0.05, 0) is 47.4 Å². The lowest BCUT2D eigenvalue weighted by atomic mass is 10.2. The number of aromatic nitrogens is 2. The second-order valence-electron chi connectivity index (χ2n) is 6.27. The van der Waals surface area contributed by atoms with Crippen LogP contribution in [0.2, 0.25) is 0 Å². The van der Waals surface area contributed by atoms with Crippen molar-refractivity contribution in [3.05, 3.63) is 40.2 Å². The van der Waals surface area contributed by atoms with E-state index in [1.54, 1.807) is 11.3 Å². The molecule has 0 aromatic carbocycles. The van der Waals surface area contributed by atoms with Crippen LogP contribution in [0.1, 0.15) is 30.0 Å². The van der Waals surface area contributed by atoms with E-state index in [1.165, 1.54) is 12.8 Å². The number of anilines is 1. The first-order chi connectivity index (χ1) is 11.3. The zero-order valence-electron chi connectivity index (χ0n) is 13.0. The fourth-order valence-corrected chi connectivity index (χ4v) is 3.63. The number of hydrogen-bond acceptors (Lipinski definition) is 5. The van der Waals surface area contributed by atoms with Crippen LogP contribution < -0.4 is 4.90 Å². The van der Waals surface area contributed by atoms with Crippen molar-refractivity contribution < 1.29 is 4.79 Å². The van der Waals surface area contributed by atoms with Crippen molar-refractivity contribution in [3.63, 3.8) is 0 Å². The molecule has 4 rings (SSSR count). The van der Waals surface area contributed by atoms with Crippen molar-refractivity contribution in [2.75, 3.05) is 31.1 Å². The number of hydrogen-bond donors (Lipinski definition) is 0. The van der Waals surface area contributed by atoms with E-state index in [1.807, 2.05) is 21.7 Å². The van der Waals surface area contributed by atoms with Gasteiger partial charge in [0.2, 0.25) is 5.91 Å². The summed E-state index contributed by atoms with van der Waals surface area (Å²) >= 11 is 1.64. The maximum Gasteiger partial charge on any atom is 0.227 e. The van der Waals surface area contributed by atoms with Crippen molar-refractivity contribution >= 4 is 23.1 Å². The first-order valence-electron chi connectivity index (χ1n) is 8.17. The third-order valence-corrected chi connectivity index (χ3v) is 5.29. The molecule has 0 bridgehead atoms. The molecule has 1 aliphatic carbocycles. The van der Waals surface area contributed by atoms with Gasteiger partial charge in [0.25, 0.3) is 0 Å². The molecular formula is C17H20N4OS. The van der Waals surface area contributed by atoms with Gasteiger partial charge in [0, 0.05) is 32.1 Å². The second-order valence-corrected chi connectivity index (χ2v) is 7.05. The molecule has 23 heavy (non-hydrogen) atoms. The van der Waals surface area contributed by atoms with Gasteiger partial charge in [-0.2, -0.15) is 16.4 Å². The maximum atomic E-state index is 12.3. The summed E-state index contributed by atoms with van der Waals surface area (Å²) in [5.41, 5.74) is 2.24. The van der Waals surface area contributed by atoms with Crippen LogP contribution in [0, 0.1) is 0 Å². The van der Waals surface area contributed by atoms with Gasteiger partial charge in [-0.15, -0.1) is 5.10 Å². The Hall–Kier alpha value is -1.95. The van der Waals surface area contributed by atoms with Crippen LogP contribution >= 0.6 is 11.3 Å². The molecule has 1 amide bonds. The van der Waals surface area contributed by atoms with E-state index in [4.69, 9.17) is 0 Å². The molecule has 0 atom stereocenters. The molecule has 0 N–H and O–H groups in total. The van der Waals surface area contributed by atoms with E-state index in [0.717, 1.165) is 43.3 Å². The molecule has 2 fully saturated rings. The lowest BCUT2D eigenvalue weighted by molar-refractivity contribution is -0.130. The van der Waals surface area contributed by atoms with Crippen molar-refractivity contribution in [2.24, 2.45) is 0 Å². The van der Waals surface area contributed by atoms with E-state index in [-0.39, 0.29) is 5.91 Å². The average Bonchev–Trinajstić information content (AvgIpc) is 3.33. The number of nitrogens with zero attached hydrogens (tertiary/aromatic N) is 4. The molecule has 6 heteroatoms. The smallest absolute Gasteiger partial charge is 0.227 e. The molecular weight excluding hydrogens is 308 g/mol. The average molecular weight is 328 g/mol. The van der Waals surface area contributed by atoms with Crippen molar-refractivity contribution in [2.45, 2.75) is 25.2 Å². The third-order valence-electron chi connectivity index (χ3n) is 4.56. The molecule has 1 aliphatic heterocycles. The minimum atomic E-state index is 0.221. The Bertz CT molecular complexity index is 658. The van der Waals surface area contributed by atoms with E-state index in [2.05, 4.69) is 27.2 Å². The van der Waals surface area contributed by atoms with Crippen LogP contribution in [0.5, 0.6) is 0 Å². The third kappa shape index (κ3) is 3.37. The molecule has 0 spiro atoms. The van der Waals surface area contributed by atoms with Gasteiger partial charge in [-0.25, -0.2) is 0 Å². The molecule has 5 nitrogen and oxygen atoms in total. The summed E-state index contributed by atoms with van der Waals surface area (Å²) in [4.78, 5) is 16.5. The first kappa shape index (κ1) is 14.6. The molecule has 0 unspecified atom stereocenters. The van der Waals surface area contributed by atoms with Gasteiger partial charge < -0.3 is 9.80 Å². The SMILES string of the molecule is O=C(Cc1ccsc1)N1CCN(c2ccc(C3CC3)nn2)CC1. The largest absolute Gasteiger partial charge is 0.352 e. The van der Waals surface area contributed by atoms with Gasteiger partial charge in [0.15, 0.2) is 5.82 Å². The highest BCUT2D eigenvalue weighted by Crippen LogP contribution is 2.38. The van der Waals surface area contributed by atoms with Gasteiger partial charge in [0.05, 0.1) is 12.1 Å². The summed E-state index contributed by atoms with van der Waals surface area (Å²) in [5.74, 6) is 1.79. The van der Waals surface area contributed by atoms with Crippen molar-refractivity contribution in [3.8, 4) is 0 Å². The molecule has 3 heterocycles. The summed E-state index contributed by atoms with van der Waals surface area (Å²) in [6.45, 7) is 3.17. The summed E-state index contributed by atoms with van der Waals surface area (Å²) in [7, 11) is 0. The Morgan fingerprint density at radius 2 is 1.96 bits per heavy atom. The number of rotatable bonds is 4. The zero-order valence-corrected chi connectivity index (χ0v) is 13.8. The summed E-state index contributed by atoms with van der Waals surface area (Å²) < 4.78 is 0. The predicted octanol–water partition coefficient (Wildman–Crippen LogP) is 2.31. The fourth-order valence-electron chi connectivity index (χ4n) is 2.97. The highest BCUT2D eigenvalue weighted by molar-refractivity contribution is 7.08. The van der Waals surface area contributed by atoms with E-state index in [9.17, 15) is 4.79 Å². The standard InChI is InChI=1S/C17H20N4OS/c22-17(11-13-5-10-23-12-13)21-8-6-20(7-9-21)16-4-3-15(18-19-16)14-1-2-14/h3-5,10,12,14H,1-2,6-9,11H2. The topological polar surface area (TPSA) is 49.3 Å². The molecule has 120 valence electrons. The normalized spacial score (nSPS) is 18.3. The second kappa shape index (κ2) is 6.28. The Labute approximate surface area is 139 Å². The summed E-state index contributed by atoms with van der Waals surface area (Å²) in [5, 5.41) is 12.8. The van der Waals surface area contributed by atoms with Crippen LogP contribution in [0.25, 0.3) is 0 Å². The molecule has 2 aromatic rings. The van der Waals surface area contributed by atoms with E-state index < -0.39 is 0 Å². The minimum Gasteiger partial charge on any atom is -0.352 e. The molecule has 2 aliphatic rings. The van der Waals surface area contributed by atoms with Crippen LogP contribution in [0.15, 0.2) is 29.0 Å². The number of carbonyl (C=O) groups excluding carboxylic acids is 1. The Morgan fingerprint density at radius 3 is 2.57 bits per heavy atom. The molecule has 1 saturated carbocycles. The number of amides is 1. The monoisotopic (exact) mass is 328 g/mol. The first-order valence-corrected chi connectivity index (χ1v) is 9.11. The van der Waals surface area contributed by atoms with Gasteiger partial charge >= 0.3 is 0 Å². The van der Waals surface area contributed by atoms with Gasteiger partial charge in [-0.1, -0.05) is 0 Å². The Balaban J connectivity index is 1.32. The number of thiophene rings is 1. The van der Waals surface area contributed by atoms with Gasteiger partial charge in [0.1, 0.15) is 0 Å². The highest BCUT2D eigenvalue weighted by atomic mass is 32.1. The lowest BCUT2D eigenvalue weighted by Gasteiger charge is -2.35.